The van der Waals surface area contributed by atoms with Gasteiger partial charge in [-0.2, -0.15) is 0 Å². The van der Waals surface area contributed by atoms with Crippen LogP contribution in [-0.2, 0) is 0 Å². The maximum atomic E-state index is 3.88. The van der Waals surface area contributed by atoms with Crippen molar-refractivity contribution in [3.8, 4) is 0 Å². The summed E-state index contributed by atoms with van der Waals surface area (Å²) in [5.41, 5.74) is 2.83. The minimum Gasteiger partial charge on any atom is -0.100 e. The molecular weight excluding hydrogens is 144 g/mol. The first-order valence-electron chi connectivity index (χ1n) is 4.96. The van der Waals surface area contributed by atoms with Gasteiger partial charge in [-0.15, -0.1) is 6.58 Å². The molecule has 0 aromatic rings. The normalized spacial score (nSPS) is 11.8. The highest BCUT2D eigenvalue weighted by atomic mass is 14.0. The van der Waals surface area contributed by atoms with Crippen LogP contribution in [0, 0.1) is 0 Å². The smallest absolute Gasteiger partial charge is 0.0291 e. The van der Waals surface area contributed by atoms with Gasteiger partial charge in [-0.25, -0.2) is 0 Å². The fraction of sp³-hybridized carbons (Fsp3) is 0.667. The van der Waals surface area contributed by atoms with E-state index in [4.69, 9.17) is 0 Å². The zero-order chi connectivity index (χ0) is 9.40. The molecule has 0 radical (unpaired) electrons. The summed E-state index contributed by atoms with van der Waals surface area (Å²) in [6.07, 6.45) is 8.56. The van der Waals surface area contributed by atoms with Crippen molar-refractivity contribution in [1.29, 1.82) is 0 Å². The topological polar surface area (TPSA) is 0 Å². The third-order valence-electron chi connectivity index (χ3n) is 1.99. The van der Waals surface area contributed by atoms with E-state index < -0.39 is 0 Å². The Morgan fingerprint density at radius 2 is 1.92 bits per heavy atom. The van der Waals surface area contributed by atoms with Gasteiger partial charge in [0.1, 0.15) is 0 Å². The molecule has 0 amide bonds. The summed E-state index contributed by atoms with van der Waals surface area (Å²) in [5, 5.41) is 0. The second kappa shape index (κ2) is 7.15. The van der Waals surface area contributed by atoms with Crippen molar-refractivity contribution in [2.75, 3.05) is 0 Å². The van der Waals surface area contributed by atoms with Gasteiger partial charge in [-0.3, -0.25) is 0 Å². The van der Waals surface area contributed by atoms with Crippen molar-refractivity contribution >= 4 is 0 Å². The quantitative estimate of drug-likeness (QED) is 0.510. The second-order valence-corrected chi connectivity index (χ2v) is 3.65. The molecule has 0 atom stereocenters. The molecule has 0 fully saturated rings. The van der Waals surface area contributed by atoms with Crippen LogP contribution >= 0.6 is 0 Å². The molecule has 0 nitrogen and oxygen atoms in total. The van der Waals surface area contributed by atoms with Crippen molar-refractivity contribution in [2.45, 2.75) is 52.9 Å². The lowest BCUT2D eigenvalue weighted by Crippen LogP contribution is -1.79. The van der Waals surface area contributed by atoms with Gasteiger partial charge in [0.2, 0.25) is 0 Å². The second-order valence-electron chi connectivity index (χ2n) is 3.65. The lowest BCUT2D eigenvalue weighted by molar-refractivity contribution is 0.781. The molecule has 0 spiro atoms. The average molecular weight is 166 g/mol. The standard InChI is InChI=1S/C12H22/c1-5-6-9-12(4)10-7-8-11(2)3/h10H,2,5-9H2,1,3-4H3. The maximum absolute atomic E-state index is 3.88. The number of hydrogen-bond acceptors (Lipinski definition) is 0. The van der Waals surface area contributed by atoms with E-state index in [9.17, 15) is 0 Å². The number of hydrogen-bond donors (Lipinski definition) is 0. The highest BCUT2D eigenvalue weighted by molar-refractivity contribution is 5.00. The number of unbranched alkanes of at least 4 members (excludes halogenated alkanes) is 1. The largest absolute Gasteiger partial charge is 0.100 e. The summed E-state index contributed by atoms with van der Waals surface area (Å²) in [6.45, 7) is 10.4. The molecule has 0 aliphatic rings. The van der Waals surface area contributed by atoms with Crippen LogP contribution in [0.15, 0.2) is 23.8 Å². The van der Waals surface area contributed by atoms with Gasteiger partial charge in [0.05, 0.1) is 0 Å². The van der Waals surface area contributed by atoms with E-state index >= 15 is 0 Å². The molecule has 0 heterocycles. The first-order chi connectivity index (χ1) is 5.66. The SMILES string of the molecule is C=C(C)CCC=C(C)CCCC. The van der Waals surface area contributed by atoms with E-state index in [1.54, 1.807) is 0 Å². The van der Waals surface area contributed by atoms with Crippen molar-refractivity contribution < 1.29 is 0 Å². The molecule has 12 heavy (non-hydrogen) atoms. The van der Waals surface area contributed by atoms with E-state index in [1.165, 1.54) is 36.8 Å². The molecule has 0 heteroatoms. The Labute approximate surface area is 77.4 Å². The van der Waals surface area contributed by atoms with E-state index in [0.717, 1.165) is 6.42 Å². The molecule has 0 N–H and O–H groups in total. The van der Waals surface area contributed by atoms with Gasteiger partial charge in [0, 0.05) is 0 Å². The average Bonchev–Trinajstić information content (AvgIpc) is 2.00. The predicted molar refractivity (Wildman–Crippen MR) is 57.3 cm³/mol. The van der Waals surface area contributed by atoms with Gasteiger partial charge in [0.15, 0.2) is 0 Å². The van der Waals surface area contributed by atoms with E-state index in [1.807, 2.05) is 0 Å². The number of allylic oxidation sites excluding steroid dienone is 3. The third kappa shape index (κ3) is 7.59. The fourth-order valence-electron chi connectivity index (χ4n) is 1.12. The third-order valence-corrected chi connectivity index (χ3v) is 1.99. The predicted octanol–water partition coefficient (Wildman–Crippen LogP) is 4.48. The summed E-state index contributed by atoms with van der Waals surface area (Å²) >= 11 is 0. The Bertz CT molecular complexity index is 151. The van der Waals surface area contributed by atoms with Crippen LogP contribution in [0.5, 0.6) is 0 Å². The van der Waals surface area contributed by atoms with E-state index in [0.29, 0.717) is 0 Å². The highest BCUT2D eigenvalue weighted by Crippen LogP contribution is 2.09. The van der Waals surface area contributed by atoms with E-state index in [-0.39, 0.29) is 0 Å². The molecule has 0 aliphatic carbocycles. The molecular formula is C12H22. The fourth-order valence-corrected chi connectivity index (χ4v) is 1.12. The van der Waals surface area contributed by atoms with Crippen LogP contribution in [0.1, 0.15) is 52.9 Å². The summed E-state index contributed by atoms with van der Waals surface area (Å²) in [6, 6.07) is 0. The Kier molecular flexibility index (Phi) is 6.84. The summed E-state index contributed by atoms with van der Waals surface area (Å²) in [4.78, 5) is 0. The van der Waals surface area contributed by atoms with Crippen molar-refractivity contribution in [3.05, 3.63) is 23.8 Å². The lowest BCUT2D eigenvalue weighted by atomic mass is 10.1. The molecule has 0 saturated heterocycles. The van der Waals surface area contributed by atoms with Gasteiger partial charge in [0.25, 0.3) is 0 Å². The Morgan fingerprint density at radius 1 is 1.25 bits per heavy atom. The van der Waals surface area contributed by atoms with Gasteiger partial charge in [-0.1, -0.05) is 30.6 Å². The summed E-state index contributed by atoms with van der Waals surface area (Å²) < 4.78 is 0. The monoisotopic (exact) mass is 166 g/mol. The van der Waals surface area contributed by atoms with Crippen LogP contribution in [0.2, 0.25) is 0 Å². The highest BCUT2D eigenvalue weighted by Gasteiger charge is 1.89. The molecule has 0 aromatic heterocycles. The Balaban J connectivity index is 3.47. The molecule has 0 aliphatic heterocycles. The number of rotatable bonds is 6. The van der Waals surface area contributed by atoms with Crippen LogP contribution in [0.25, 0.3) is 0 Å². The van der Waals surface area contributed by atoms with Crippen LogP contribution in [0.3, 0.4) is 0 Å². The molecule has 0 rings (SSSR count). The molecule has 0 bridgehead atoms. The minimum absolute atomic E-state index is 1.14. The van der Waals surface area contributed by atoms with Crippen molar-refractivity contribution in [2.24, 2.45) is 0 Å². The maximum Gasteiger partial charge on any atom is -0.0291 e. The van der Waals surface area contributed by atoms with Crippen LogP contribution < -0.4 is 0 Å². The molecule has 0 aromatic carbocycles. The molecule has 0 saturated carbocycles. The van der Waals surface area contributed by atoms with Crippen LogP contribution in [-0.4, -0.2) is 0 Å². The first kappa shape index (κ1) is 11.5. The molecule has 70 valence electrons. The Morgan fingerprint density at radius 3 is 2.42 bits per heavy atom. The van der Waals surface area contributed by atoms with Gasteiger partial charge in [-0.05, 0) is 39.5 Å². The zero-order valence-electron chi connectivity index (χ0n) is 8.82. The van der Waals surface area contributed by atoms with Crippen molar-refractivity contribution in [3.63, 3.8) is 0 Å². The summed E-state index contributed by atoms with van der Waals surface area (Å²) in [5.74, 6) is 0. The summed E-state index contributed by atoms with van der Waals surface area (Å²) in [7, 11) is 0. The van der Waals surface area contributed by atoms with Gasteiger partial charge < -0.3 is 0 Å². The van der Waals surface area contributed by atoms with Crippen molar-refractivity contribution in [1.82, 2.24) is 0 Å². The molecule has 0 unspecified atom stereocenters. The van der Waals surface area contributed by atoms with E-state index in [2.05, 4.69) is 33.4 Å². The van der Waals surface area contributed by atoms with Gasteiger partial charge >= 0.3 is 0 Å². The zero-order valence-corrected chi connectivity index (χ0v) is 8.82. The Hall–Kier alpha value is -0.520. The lowest BCUT2D eigenvalue weighted by Gasteiger charge is -1.99. The van der Waals surface area contributed by atoms with Crippen LogP contribution in [0.4, 0.5) is 0 Å². The first-order valence-corrected chi connectivity index (χ1v) is 4.96. The minimum atomic E-state index is 1.14.